The third-order valence-corrected chi connectivity index (χ3v) is 6.45. The van der Waals surface area contributed by atoms with Crippen molar-refractivity contribution >= 4 is 29.1 Å². The molecule has 2 heterocycles. The molecule has 2 unspecified atom stereocenters. The summed E-state index contributed by atoms with van der Waals surface area (Å²) >= 11 is 0. The van der Waals surface area contributed by atoms with E-state index in [9.17, 15) is 29.3 Å². The first-order chi connectivity index (χ1) is 15.9. The van der Waals surface area contributed by atoms with E-state index >= 15 is 0 Å². The minimum absolute atomic E-state index is 0.159. The predicted octanol–water partition coefficient (Wildman–Crippen LogP) is 2.98. The zero-order valence-corrected chi connectivity index (χ0v) is 16.8. The van der Waals surface area contributed by atoms with Crippen LogP contribution in [0.3, 0.4) is 0 Å². The van der Waals surface area contributed by atoms with Crippen molar-refractivity contribution in [1.29, 1.82) is 0 Å². The Hall–Kier alpha value is -4.50. The zero-order valence-electron chi connectivity index (χ0n) is 16.8. The Balaban J connectivity index is 1.52. The molecular weight excluding hydrogens is 426 g/mol. The largest absolute Gasteiger partial charge is 0.291 e. The third-order valence-electron chi connectivity index (χ3n) is 6.45. The molecule has 9 heteroatoms. The molecule has 0 aromatic heterocycles. The number of rotatable bonds is 3. The summed E-state index contributed by atoms with van der Waals surface area (Å²) in [6.45, 7) is 0. The Morgan fingerprint density at radius 3 is 1.61 bits per heavy atom. The summed E-state index contributed by atoms with van der Waals surface area (Å²) in [7, 11) is 0. The SMILES string of the molecule is O=C1c2ccccc2C(=O)N1N1C(c2ccc([N+](=O)[O-])cc2)C12C(=O)c1ccccc1C2=O. The number of hydrazine groups is 1. The van der Waals surface area contributed by atoms with Crippen LogP contribution >= 0.6 is 0 Å². The van der Waals surface area contributed by atoms with Crippen molar-refractivity contribution in [2.45, 2.75) is 11.6 Å². The Morgan fingerprint density at radius 2 is 1.15 bits per heavy atom. The van der Waals surface area contributed by atoms with E-state index in [4.69, 9.17) is 0 Å². The normalized spacial score (nSPS) is 22.0. The molecule has 160 valence electrons. The van der Waals surface area contributed by atoms with Gasteiger partial charge in [0.05, 0.1) is 22.1 Å². The van der Waals surface area contributed by atoms with Crippen molar-refractivity contribution in [3.63, 3.8) is 0 Å². The van der Waals surface area contributed by atoms with Gasteiger partial charge in [0.1, 0.15) is 0 Å². The van der Waals surface area contributed by atoms with E-state index in [-0.39, 0.29) is 27.9 Å². The second-order valence-electron chi connectivity index (χ2n) is 8.03. The summed E-state index contributed by atoms with van der Waals surface area (Å²) in [6, 6.07) is 17.1. The van der Waals surface area contributed by atoms with Crippen LogP contribution in [0.5, 0.6) is 0 Å². The number of carbonyl (C=O) groups is 4. The molecule has 2 aliphatic heterocycles. The highest BCUT2D eigenvalue weighted by Crippen LogP contribution is 2.61. The summed E-state index contributed by atoms with van der Waals surface area (Å²) in [5.74, 6) is -2.28. The first-order valence-electron chi connectivity index (χ1n) is 10.1. The molecule has 1 fully saturated rings. The molecular formula is C24H13N3O6. The van der Waals surface area contributed by atoms with Gasteiger partial charge in [0.2, 0.25) is 0 Å². The molecule has 0 N–H and O–H groups in total. The van der Waals surface area contributed by atoms with Crippen molar-refractivity contribution in [3.8, 4) is 0 Å². The fourth-order valence-corrected chi connectivity index (χ4v) is 4.93. The van der Waals surface area contributed by atoms with E-state index in [0.29, 0.717) is 5.56 Å². The van der Waals surface area contributed by atoms with E-state index in [1.54, 1.807) is 24.3 Å². The molecule has 6 rings (SSSR count). The number of nitro groups is 1. The van der Waals surface area contributed by atoms with E-state index < -0.39 is 39.9 Å². The number of nitro benzene ring substituents is 1. The average molecular weight is 439 g/mol. The number of carbonyl (C=O) groups excluding carboxylic acids is 4. The number of imide groups is 1. The fraction of sp³-hybridized carbons (Fsp3) is 0.0833. The smallest absolute Gasteiger partial charge is 0.276 e. The Bertz CT molecular complexity index is 1370. The van der Waals surface area contributed by atoms with Crippen molar-refractivity contribution in [2.75, 3.05) is 0 Å². The number of non-ortho nitro benzene ring substituents is 1. The zero-order chi connectivity index (χ0) is 23.1. The molecule has 3 aromatic carbocycles. The number of ketones is 2. The van der Waals surface area contributed by atoms with Gasteiger partial charge in [-0.2, -0.15) is 10.0 Å². The Morgan fingerprint density at radius 1 is 0.697 bits per heavy atom. The maximum absolute atomic E-state index is 13.6. The number of fused-ring (bicyclic) bond motifs is 2. The molecule has 0 radical (unpaired) electrons. The molecule has 1 aliphatic carbocycles. The molecule has 2 amide bonds. The van der Waals surface area contributed by atoms with E-state index in [1.165, 1.54) is 53.5 Å². The summed E-state index contributed by atoms with van der Waals surface area (Å²) in [4.78, 5) is 64.1. The van der Waals surface area contributed by atoms with Crippen LogP contribution in [0.25, 0.3) is 0 Å². The van der Waals surface area contributed by atoms with Crippen LogP contribution in [0.4, 0.5) is 5.69 Å². The van der Waals surface area contributed by atoms with Crippen LogP contribution in [0.15, 0.2) is 72.8 Å². The van der Waals surface area contributed by atoms with Crippen LogP contribution in [0.2, 0.25) is 0 Å². The molecule has 3 aromatic rings. The summed E-state index contributed by atoms with van der Waals surface area (Å²) in [6.07, 6.45) is 0. The van der Waals surface area contributed by atoms with Crippen molar-refractivity contribution < 1.29 is 24.1 Å². The maximum Gasteiger partial charge on any atom is 0.276 e. The molecule has 1 spiro atoms. The first kappa shape index (κ1) is 19.2. The van der Waals surface area contributed by atoms with Gasteiger partial charge in [-0.25, -0.2) is 0 Å². The van der Waals surface area contributed by atoms with Gasteiger partial charge in [0.15, 0.2) is 17.1 Å². The maximum atomic E-state index is 13.6. The lowest BCUT2D eigenvalue weighted by atomic mass is 9.94. The molecule has 33 heavy (non-hydrogen) atoms. The highest BCUT2D eigenvalue weighted by Gasteiger charge is 2.79. The first-order valence-corrected chi connectivity index (χ1v) is 10.1. The lowest BCUT2D eigenvalue weighted by Crippen LogP contribution is -2.43. The summed E-state index contributed by atoms with van der Waals surface area (Å²) < 4.78 is 0. The Labute approximate surface area is 186 Å². The van der Waals surface area contributed by atoms with Crippen molar-refractivity contribution in [3.05, 3.63) is 111 Å². The fourth-order valence-electron chi connectivity index (χ4n) is 4.93. The molecule has 1 saturated heterocycles. The molecule has 3 aliphatic rings. The van der Waals surface area contributed by atoms with Gasteiger partial charge in [-0.15, -0.1) is 0 Å². The minimum Gasteiger partial charge on any atom is -0.291 e. The lowest BCUT2D eigenvalue weighted by molar-refractivity contribution is -0.384. The van der Waals surface area contributed by atoms with E-state index in [2.05, 4.69) is 0 Å². The average Bonchev–Trinajstić information content (AvgIpc) is 3.39. The number of Topliss-reactive ketones (excluding diaryl/α,β-unsaturated/α-hetero) is 2. The van der Waals surface area contributed by atoms with Crippen LogP contribution < -0.4 is 0 Å². The van der Waals surface area contributed by atoms with Gasteiger partial charge >= 0.3 is 0 Å². The monoisotopic (exact) mass is 439 g/mol. The summed E-state index contributed by atoms with van der Waals surface area (Å²) in [5, 5.41) is 13.2. The van der Waals surface area contributed by atoms with Crippen LogP contribution in [-0.4, -0.2) is 43.9 Å². The quantitative estimate of drug-likeness (QED) is 0.202. The van der Waals surface area contributed by atoms with E-state index in [0.717, 1.165) is 5.01 Å². The van der Waals surface area contributed by atoms with Gasteiger partial charge in [-0.1, -0.05) is 48.5 Å². The standard InChI is InChI=1S/C24H13N3O6/c28-20-15-5-1-2-6-16(15)21(29)24(20)19(13-9-11-14(12-10-13)27(32)33)26(24)25-22(30)17-7-3-4-8-18(17)23(25)31/h1-12,19H. The number of benzene rings is 3. The molecule has 2 atom stereocenters. The van der Waals surface area contributed by atoms with Crippen molar-refractivity contribution in [2.24, 2.45) is 0 Å². The minimum atomic E-state index is -1.80. The Kier molecular flexibility index (Phi) is 3.65. The van der Waals surface area contributed by atoms with Crippen molar-refractivity contribution in [1.82, 2.24) is 10.0 Å². The van der Waals surface area contributed by atoms with Gasteiger partial charge in [-0.3, -0.25) is 29.3 Å². The molecule has 9 nitrogen and oxygen atoms in total. The molecule has 0 saturated carbocycles. The number of nitrogens with zero attached hydrogens (tertiary/aromatic N) is 3. The topological polar surface area (TPSA) is 118 Å². The van der Waals surface area contributed by atoms with Gasteiger partial charge in [0.25, 0.3) is 17.5 Å². The van der Waals surface area contributed by atoms with Gasteiger partial charge in [0, 0.05) is 23.3 Å². The second-order valence-corrected chi connectivity index (χ2v) is 8.03. The highest BCUT2D eigenvalue weighted by molar-refractivity contribution is 6.36. The summed E-state index contributed by atoms with van der Waals surface area (Å²) in [5.41, 5.74) is -0.751. The third kappa shape index (κ3) is 2.23. The predicted molar refractivity (Wildman–Crippen MR) is 112 cm³/mol. The van der Waals surface area contributed by atoms with Crippen LogP contribution in [-0.2, 0) is 0 Å². The van der Waals surface area contributed by atoms with Crippen LogP contribution in [0, 0.1) is 10.1 Å². The molecule has 0 bridgehead atoms. The van der Waals surface area contributed by atoms with Gasteiger partial charge < -0.3 is 0 Å². The van der Waals surface area contributed by atoms with Gasteiger partial charge in [-0.05, 0) is 17.7 Å². The van der Waals surface area contributed by atoms with E-state index in [1.807, 2.05) is 0 Å². The lowest BCUT2D eigenvalue weighted by Gasteiger charge is -2.18. The highest BCUT2D eigenvalue weighted by atomic mass is 16.6. The number of hydrogen-bond acceptors (Lipinski definition) is 7. The second kappa shape index (κ2) is 6.27. The number of hydrogen-bond donors (Lipinski definition) is 0. The number of amides is 2. The van der Waals surface area contributed by atoms with Crippen LogP contribution in [0.1, 0.15) is 53.0 Å².